The Morgan fingerprint density at radius 3 is 2.65 bits per heavy atom. The lowest BCUT2D eigenvalue weighted by molar-refractivity contribution is -0.132. The molecule has 26 heavy (non-hydrogen) atoms. The summed E-state index contributed by atoms with van der Waals surface area (Å²) in [6.45, 7) is 1.81. The molecule has 0 spiro atoms. The Kier molecular flexibility index (Phi) is 4.08. The van der Waals surface area contributed by atoms with E-state index in [1.54, 1.807) is 23.1 Å². The van der Waals surface area contributed by atoms with Crippen molar-refractivity contribution in [2.75, 3.05) is 40.1 Å². The Bertz CT molecular complexity index is 918. The number of benzene rings is 1. The second-order valence-corrected chi connectivity index (χ2v) is 7.55. The van der Waals surface area contributed by atoms with Crippen LogP contribution in [0.2, 0.25) is 0 Å². The van der Waals surface area contributed by atoms with Crippen molar-refractivity contribution in [2.45, 2.75) is 0 Å². The molecule has 0 atom stereocenters. The van der Waals surface area contributed by atoms with Crippen LogP contribution < -0.4 is 9.47 Å². The number of morpholine rings is 1. The fraction of sp³-hybridized carbons (Fsp3) is 0.375. The van der Waals surface area contributed by atoms with E-state index in [0.29, 0.717) is 43.4 Å². The van der Waals surface area contributed by atoms with Gasteiger partial charge < -0.3 is 19.1 Å². The van der Waals surface area contributed by atoms with Gasteiger partial charge in [0.05, 0.1) is 18.9 Å². The van der Waals surface area contributed by atoms with Gasteiger partial charge in [-0.3, -0.25) is 4.79 Å². The van der Waals surface area contributed by atoms with Crippen LogP contribution in [0.15, 0.2) is 34.4 Å². The summed E-state index contributed by atoms with van der Waals surface area (Å²) < 4.78 is 45.4. The molecule has 0 N–H and O–H groups in total. The molecule has 3 heterocycles. The van der Waals surface area contributed by atoms with Crippen LogP contribution in [0, 0.1) is 0 Å². The summed E-state index contributed by atoms with van der Waals surface area (Å²) in [5, 5.41) is 0. The molecule has 0 radical (unpaired) electrons. The molecule has 3 aliphatic heterocycles. The van der Waals surface area contributed by atoms with Gasteiger partial charge in [-0.05, 0) is 24.3 Å². The molecule has 10 heteroatoms. The van der Waals surface area contributed by atoms with Gasteiger partial charge in [-0.15, -0.1) is 4.40 Å². The average molecular weight is 379 g/mol. The van der Waals surface area contributed by atoms with Crippen LogP contribution in [0.25, 0.3) is 0 Å². The number of amides is 1. The van der Waals surface area contributed by atoms with Crippen molar-refractivity contribution in [3.63, 3.8) is 0 Å². The minimum atomic E-state index is -4.00. The first-order valence-corrected chi connectivity index (χ1v) is 9.43. The van der Waals surface area contributed by atoms with Crippen molar-refractivity contribution in [3.8, 4) is 11.5 Å². The van der Waals surface area contributed by atoms with E-state index >= 15 is 0 Å². The largest absolute Gasteiger partial charge is 0.454 e. The molecular formula is C16H17N3O6S. The van der Waals surface area contributed by atoms with Crippen LogP contribution in [0.5, 0.6) is 11.5 Å². The maximum Gasteiger partial charge on any atom is 0.345 e. The van der Waals surface area contributed by atoms with Crippen LogP contribution in [-0.4, -0.2) is 69.4 Å². The minimum absolute atomic E-state index is 0.0505. The summed E-state index contributed by atoms with van der Waals surface area (Å²) in [6, 6.07) is 5.01. The number of likely N-dealkylation sites (N-methyl/N-ethyl adjacent to an activating group) is 1. The van der Waals surface area contributed by atoms with Crippen molar-refractivity contribution in [1.29, 1.82) is 0 Å². The molecule has 0 unspecified atom stereocenters. The number of carbonyl (C=O) groups excluding carboxylic acids is 1. The Morgan fingerprint density at radius 2 is 1.88 bits per heavy atom. The summed E-state index contributed by atoms with van der Waals surface area (Å²) in [4.78, 5) is 14.4. The fourth-order valence-corrected chi connectivity index (χ4v) is 3.78. The number of carbonyl (C=O) groups is 1. The highest BCUT2D eigenvalue weighted by atomic mass is 32.2. The highest BCUT2D eigenvalue weighted by Gasteiger charge is 2.33. The maximum absolute atomic E-state index is 12.8. The zero-order valence-electron chi connectivity index (χ0n) is 14.0. The third kappa shape index (κ3) is 2.90. The molecule has 1 amide bonds. The second-order valence-electron chi connectivity index (χ2n) is 5.92. The molecule has 0 aliphatic carbocycles. The molecule has 4 rings (SSSR count). The molecule has 1 fully saturated rings. The highest BCUT2D eigenvalue weighted by molar-refractivity contribution is 7.88. The van der Waals surface area contributed by atoms with Crippen molar-refractivity contribution in [3.05, 3.63) is 35.5 Å². The summed E-state index contributed by atoms with van der Waals surface area (Å²) in [7, 11) is -2.68. The quantitative estimate of drug-likeness (QED) is 0.725. The van der Waals surface area contributed by atoms with Gasteiger partial charge in [-0.25, -0.2) is 4.31 Å². The summed E-state index contributed by atoms with van der Waals surface area (Å²) in [5.74, 6) is 0.724. The molecular weight excluding hydrogens is 362 g/mol. The van der Waals surface area contributed by atoms with Crippen LogP contribution in [0.3, 0.4) is 0 Å². The molecule has 0 aromatic heterocycles. The third-order valence-electron chi connectivity index (χ3n) is 4.36. The van der Waals surface area contributed by atoms with E-state index in [1.807, 2.05) is 0 Å². The molecule has 1 aromatic rings. The molecule has 138 valence electrons. The van der Waals surface area contributed by atoms with Crippen LogP contribution in [-0.2, 0) is 19.7 Å². The van der Waals surface area contributed by atoms with Crippen molar-refractivity contribution >= 4 is 21.8 Å². The van der Waals surface area contributed by atoms with E-state index in [2.05, 4.69) is 4.40 Å². The number of hydrogen-bond donors (Lipinski definition) is 0. The SMILES string of the molecule is CN1C(C(=O)N2CCOCC2)=CC(c2ccc3c(c2)OCO3)=NS1(=O)=O. The summed E-state index contributed by atoms with van der Waals surface area (Å²) in [6.07, 6.45) is 1.48. The predicted molar refractivity (Wildman–Crippen MR) is 91.3 cm³/mol. The van der Waals surface area contributed by atoms with Crippen molar-refractivity contribution < 1.29 is 27.4 Å². The molecule has 0 bridgehead atoms. The van der Waals surface area contributed by atoms with E-state index in [0.717, 1.165) is 4.31 Å². The number of ether oxygens (including phenoxy) is 3. The minimum Gasteiger partial charge on any atom is -0.454 e. The van der Waals surface area contributed by atoms with Gasteiger partial charge in [0.15, 0.2) is 11.5 Å². The lowest BCUT2D eigenvalue weighted by atomic mass is 10.1. The van der Waals surface area contributed by atoms with Crippen molar-refractivity contribution in [1.82, 2.24) is 9.21 Å². The zero-order chi connectivity index (χ0) is 18.3. The van der Waals surface area contributed by atoms with Gasteiger partial charge in [-0.2, -0.15) is 8.42 Å². The van der Waals surface area contributed by atoms with Gasteiger partial charge in [0, 0.05) is 25.7 Å². The second kappa shape index (κ2) is 6.29. The lowest BCUT2D eigenvalue weighted by Crippen LogP contribution is -2.45. The standard InChI is InChI=1S/C16H17N3O6S/c1-18-13(16(20)19-4-6-23-7-5-19)9-12(17-26(18,21)22)11-2-3-14-15(8-11)25-10-24-14/h2-3,8-9H,4-7,10H2,1H3. The molecule has 3 aliphatic rings. The first kappa shape index (κ1) is 16.9. The molecule has 1 saturated heterocycles. The topological polar surface area (TPSA) is 97.7 Å². The van der Waals surface area contributed by atoms with Crippen LogP contribution in [0.4, 0.5) is 0 Å². The van der Waals surface area contributed by atoms with Gasteiger partial charge in [0.2, 0.25) is 6.79 Å². The van der Waals surface area contributed by atoms with Gasteiger partial charge in [-0.1, -0.05) is 0 Å². The monoisotopic (exact) mass is 379 g/mol. The van der Waals surface area contributed by atoms with Gasteiger partial charge in [0.1, 0.15) is 5.70 Å². The van der Waals surface area contributed by atoms with E-state index in [1.165, 1.54) is 13.1 Å². The summed E-state index contributed by atoms with van der Waals surface area (Å²) in [5.41, 5.74) is 0.755. The molecule has 1 aromatic carbocycles. The highest BCUT2D eigenvalue weighted by Crippen LogP contribution is 2.33. The van der Waals surface area contributed by atoms with Crippen LogP contribution in [0.1, 0.15) is 5.56 Å². The van der Waals surface area contributed by atoms with Gasteiger partial charge >= 0.3 is 10.2 Å². The number of hydrogen-bond acceptors (Lipinski definition) is 6. The number of rotatable bonds is 2. The third-order valence-corrected chi connectivity index (χ3v) is 5.67. The van der Waals surface area contributed by atoms with Gasteiger partial charge in [0.25, 0.3) is 5.91 Å². The van der Waals surface area contributed by atoms with E-state index in [-0.39, 0.29) is 24.1 Å². The number of fused-ring (bicyclic) bond motifs is 1. The Labute approximate surface area is 150 Å². The lowest BCUT2D eigenvalue weighted by Gasteiger charge is -2.31. The van der Waals surface area contributed by atoms with Crippen molar-refractivity contribution in [2.24, 2.45) is 4.40 Å². The Hall–Kier alpha value is -2.59. The maximum atomic E-state index is 12.8. The van der Waals surface area contributed by atoms with E-state index in [9.17, 15) is 13.2 Å². The summed E-state index contributed by atoms with van der Waals surface area (Å²) >= 11 is 0. The smallest absolute Gasteiger partial charge is 0.345 e. The Morgan fingerprint density at radius 1 is 1.15 bits per heavy atom. The normalized spacial score (nSPS) is 21.3. The fourth-order valence-electron chi connectivity index (χ4n) is 2.87. The Balaban J connectivity index is 1.72. The first-order valence-electron chi connectivity index (χ1n) is 8.03. The average Bonchev–Trinajstić information content (AvgIpc) is 3.11. The molecule has 9 nitrogen and oxygen atoms in total. The number of allylic oxidation sites excluding steroid dienone is 1. The first-order chi connectivity index (χ1) is 12.5. The van der Waals surface area contributed by atoms with E-state index in [4.69, 9.17) is 14.2 Å². The molecule has 0 saturated carbocycles. The van der Waals surface area contributed by atoms with E-state index < -0.39 is 10.2 Å². The zero-order valence-corrected chi connectivity index (χ0v) is 14.9. The number of nitrogens with zero attached hydrogens (tertiary/aromatic N) is 3. The van der Waals surface area contributed by atoms with Crippen LogP contribution >= 0.6 is 0 Å². The predicted octanol–water partition coefficient (Wildman–Crippen LogP) is 0.137.